The van der Waals surface area contributed by atoms with Gasteiger partial charge in [0.1, 0.15) is 5.78 Å². The lowest BCUT2D eigenvalue weighted by Crippen LogP contribution is -2.14. The third-order valence-electron chi connectivity index (χ3n) is 2.98. The molecule has 0 N–H and O–H groups in total. The second-order valence-electron chi connectivity index (χ2n) is 4.25. The summed E-state index contributed by atoms with van der Waals surface area (Å²) in [7, 11) is 0. The summed E-state index contributed by atoms with van der Waals surface area (Å²) in [6.07, 6.45) is 2.56. The molecule has 0 aromatic heterocycles. The molecule has 1 nitrogen and oxygen atoms in total. The van der Waals surface area contributed by atoms with Crippen molar-refractivity contribution >= 4 is 17.4 Å². The number of benzene rings is 1. The quantitative estimate of drug-likeness (QED) is 0.745. The first kappa shape index (κ1) is 9.72. The van der Waals surface area contributed by atoms with Crippen LogP contribution in [-0.2, 0) is 11.2 Å². The molecule has 1 aromatic rings. The van der Waals surface area contributed by atoms with Gasteiger partial charge in [0, 0.05) is 16.9 Å². The zero-order valence-corrected chi connectivity index (χ0v) is 8.97. The van der Waals surface area contributed by atoms with Crippen LogP contribution in [0.25, 0.3) is 0 Å². The molecular formula is C12H13ClO. The van der Waals surface area contributed by atoms with Crippen LogP contribution in [0, 0.1) is 5.41 Å². The summed E-state index contributed by atoms with van der Waals surface area (Å²) in [5.41, 5.74) is 0.909. The van der Waals surface area contributed by atoms with Crippen LogP contribution in [0.3, 0.4) is 0 Å². The highest BCUT2D eigenvalue weighted by Gasteiger charge is 2.44. The first-order valence-corrected chi connectivity index (χ1v) is 5.26. The van der Waals surface area contributed by atoms with E-state index in [2.05, 4.69) is 0 Å². The van der Waals surface area contributed by atoms with E-state index in [9.17, 15) is 4.79 Å². The maximum Gasteiger partial charge on any atom is 0.143 e. The van der Waals surface area contributed by atoms with Gasteiger partial charge in [-0.3, -0.25) is 4.79 Å². The van der Waals surface area contributed by atoms with Gasteiger partial charge in [-0.05, 0) is 24.5 Å². The van der Waals surface area contributed by atoms with Gasteiger partial charge in [-0.25, -0.2) is 0 Å². The molecule has 0 aliphatic heterocycles. The zero-order valence-electron chi connectivity index (χ0n) is 8.22. The Kier molecular flexibility index (Phi) is 2.36. The van der Waals surface area contributed by atoms with Crippen LogP contribution < -0.4 is 0 Å². The molecule has 14 heavy (non-hydrogen) atoms. The lowest BCUT2D eigenvalue weighted by molar-refractivity contribution is -0.122. The third-order valence-corrected chi connectivity index (χ3v) is 3.35. The van der Waals surface area contributed by atoms with E-state index in [4.69, 9.17) is 11.6 Å². The van der Waals surface area contributed by atoms with Crippen LogP contribution in [-0.4, -0.2) is 5.78 Å². The van der Waals surface area contributed by atoms with E-state index in [0.717, 1.165) is 18.4 Å². The van der Waals surface area contributed by atoms with Gasteiger partial charge in [0.2, 0.25) is 0 Å². The van der Waals surface area contributed by atoms with E-state index in [1.54, 1.807) is 0 Å². The van der Waals surface area contributed by atoms with E-state index in [-0.39, 0.29) is 5.41 Å². The number of carbonyl (C=O) groups is 1. The Hall–Kier alpha value is -0.820. The van der Waals surface area contributed by atoms with Crippen molar-refractivity contribution < 1.29 is 4.79 Å². The lowest BCUT2D eigenvalue weighted by Gasteiger charge is -2.07. The Morgan fingerprint density at radius 1 is 1.43 bits per heavy atom. The highest BCUT2D eigenvalue weighted by Crippen LogP contribution is 2.46. The average molecular weight is 209 g/mol. The van der Waals surface area contributed by atoms with E-state index < -0.39 is 0 Å². The van der Waals surface area contributed by atoms with Crippen LogP contribution in [0.2, 0.25) is 5.02 Å². The summed E-state index contributed by atoms with van der Waals surface area (Å²) in [5.74, 6) is 0.325. The lowest BCUT2D eigenvalue weighted by atomic mass is 9.97. The molecule has 2 rings (SSSR count). The smallest absolute Gasteiger partial charge is 0.143 e. The standard InChI is InChI=1S/C12H13ClO/c1-12(6-7-12)11(14)8-9-4-2-3-5-10(9)13/h2-5H,6-8H2,1H3. The normalized spacial score (nSPS) is 17.9. The molecule has 1 aliphatic rings. The molecule has 1 aromatic carbocycles. The number of carbonyl (C=O) groups excluding carboxylic acids is 1. The Balaban J connectivity index is 2.11. The number of hydrogen-bond donors (Lipinski definition) is 0. The molecule has 1 aliphatic carbocycles. The summed E-state index contributed by atoms with van der Waals surface area (Å²) < 4.78 is 0. The van der Waals surface area contributed by atoms with Crippen molar-refractivity contribution in [3.05, 3.63) is 34.9 Å². The van der Waals surface area contributed by atoms with Crippen molar-refractivity contribution in [2.24, 2.45) is 5.41 Å². The number of hydrogen-bond acceptors (Lipinski definition) is 1. The van der Waals surface area contributed by atoms with Crippen molar-refractivity contribution in [2.75, 3.05) is 0 Å². The van der Waals surface area contributed by atoms with Crippen LogP contribution in [0.1, 0.15) is 25.3 Å². The van der Waals surface area contributed by atoms with E-state index >= 15 is 0 Å². The second-order valence-corrected chi connectivity index (χ2v) is 4.66. The molecule has 0 saturated heterocycles. The van der Waals surface area contributed by atoms with Crippen molar-refractivity contribution in [2.45, 2.75) is 26.2 Å². The number of halogens is 1. The van der Waals surface area contributed by atoms with Gasteiger partial charge in [-0.15, -0.1) is 0 Å². The molecule has 1 fully saturated rings. The summed E-state index contributed by atoms with van der Waals surface area (Å²) in [6, 6.07) is 7.56. The minimum Gasteiger partial charge on any atom is -0.299 e. The number of ketones is 1. The summed E-state index contributed by atoms with van der Waals surface area (Å²) in [6.45, 7) is 2.03. The Labute approximate surface area is 89.1 Å². The van der Waals surface area contributed by atoms with Crippen LogP contribution in [0.5, 0.6) is 0 Å². The van der Waals surface area contributed by atoms with Gasteiger partial charge in [-0.1, -0.05) is 36.7 Å². The monoisotopic (exact) mass is 208 g/mol. The highest BCUT2D eigenvalue weighted by molar-refractivity contribution is 6.31. The molecule has 2 heteroatoms. The van der Waals surface area contributed by atoms with Crippen molar-refractivity contribution in [1.82, 2.24) is 0 Å². The largest absolute Gasteiger partial charge is 0.299 e. The zero-order chi connectivity index (χ0) is 10.2. The van der Waals surface area contributed by atoms with E-state index in [1.165, 1.54) is 0 Å². The van der Waals surface area contributed by atoms with Crippen molar-refractivity contribution in [3.8, 4) is 0 Å². The molecule has 0 heterocycles. The van der Waals surface area contributed by atoms with Gasteiger partial charge in [-0.2, -0.15) is 0 Å². The fourth-order valence-corrected chi connectivity index (χ4v) is 1.70. The third kappa shape index (κ3) is 1.83. The SMILES string of the molecule is CC1(C(=O)Cc2ccccc2Cl)CC1. The molecule has 1 saturated carbocycles. The van der Waals surface area contributed by atoms with Gasteiger partial charge in [0.15, 0.2) is 0 Å². The molecular weight excluding hydrogens is 196 g/mol. The Morgan fingerprint density at radius 2 is 2.07 bits per heavy atom. The topological polar surface area (TPSA) is 17.1 Å². The summed E-state index contributed by atoms with van der Waals surface area (Å²) in [4.78, 5) is 11.8. The number of Topliss-reactive ketones (excluding diaryl/α,β-unsaturated/α-hetero) is 1. The predicted octanol–water partition coefficient (Wildman–Crippen LogP) is 3.25. The van der Waals surface area contributed by atoms with Gasteiger partial charge < -0.3 is 0 Å². The van der Waals surface area contributed by atoms with Gasteiger partial charge in [0.05, 0.1) is 0 Å². The van der Waals surface area contributed by atoms with E-state index in [1.807, 2.05) is 31.2 Å². The van der Waals surface area contributed by atoms with Gasteiger partial charge in [0.25, 0.3) is 0 Å². The Bertz CT molecular complexity index is 366. The fraction of sp³-hybridized carbons (Fsp3) is 0.417. The fourth-order valence-electron chi connectivity index (χ4n) is 1.49. The minimum absolute atomic E-state index is 0.0425. The van der Waals surface area contributed by atoms with Crippen molar-refractivity contribution in [1.29, 1.82) is 0 Å². The molecule has 0 atom stereocenters. The summed E-state index contributed by atoms with van der Waals surface area (Å²) >= 11 is 5.99. The predicted molar refractivity (Wildman–Crippen MR) is 57.5 cm³/mol. The number of rotatable bonds is 3. The van der Waals surface area contributed by atoms with Gasteiger partial charge >= 0.3 is 0 Å². The maximum absolute atomic E-state index is 11.8. The van der Waals surface area contributed by atoms with Crippen LogP contribution in [0.4, 0.5) is 0 Å². The molecule has 74 valence electrons. The molecule has 0 radical (unpaired) electrons. The molecule has 0 amide bonds. The molecule has 0 unspecified atom stereocenters. The highest BCUT2D eigenvalue weighted by atomic mass is 35.5. The minimum atomic E-state index is -0.0425. The first-order valence-electron chi connectivity index (χ1n) is 4.88. The van der Waals surface area contributed by atoms with Crippen molar-refractivity contribution in [3.63, 3.8) is 0 Å². The molecule has 0 bridgehead atoms. The Morgan fingerprint density at radius 3 is 2.64 bits per heavy atom. The molecule has 0 spiro atoms. The van der Waals surface area contributed by atoms with Crippen LogP contribution in [0.15, 0.2) is 24.3 Å². The first-order chi connectivity index (χ1) is 6.62. The maximum atomic E-state index is 11.8. The van der Waals surface area contributed by atoms with Crippen LogP contribution >= 0.6 is 11.6 Å². The average Bonchev–Trinajstić information content (AvgIpc) is 2.89. The summed E-state index contributed by atoms with van der Waals surface area (Å²) in [5, 5.41) is 0.699. The second kappa shape index (κ2) is 3.39. The van der Waals surface area contributed by atoms with E-state index in [0.29, 0.717) is 17.2 Å².